The average molecular weight is 275 g/mol. The van der Waals surface area contributed by atoms with E-state index in [0.717, 1.165) is 5.92 Å². The van der Waals surface area contributed by atoms with Gasteiger partial charge < -0.3 is 10.6 Å². The normalized spacial score (nSPS) is 30.5. The van der Waals surface area contributed by atoms with Gasteiger partial charge in [-0.3, -0.25) is 0 Å². The third kappa shape index (κ3) is 4.40. The SMILES string of the molecule is CC1(C)CN(CC2CCCCCC2)CCC1N.Cl. The van der Waals surface area contributed by atoms with Crippen LogP contribution >= 0.6 is 12.4 Å². The smallest absolute Gasteiger partial charge is 0.0115 e. The monoisotopic (exact) mass is 274 g/mol. The molecule has 0 spiro atoms. The number of hydrogen-bond donors (Lipinski definition) is 1. The lowest BCUT2D eigenvalue weighted by atomic mass is 9.79. The van der Waals surface area contributed by atoms with Gasteiger partial charge in [0.15, 0.2) is 0 Å². The van der Waals surface area contributed by atoms with Crippen molar-refractivity contribution in [2.24, 2.45) is 17.1 Å². The summed E-state index contributed by atoms with van der Waals surface area (Å²) in [7, 11) is 0. The Labute approximate surface area is 119 Å². The van der Waals surface area contributed by atoms with Gasteiger partial charge in [0, 0.05) is 19.1 Å². The molecule has 1 saturated heterocycles. The highest BCUT2D eigenvalue weighted by Gasteiger charge is 2.33. The molecule has 0 aromatic rings. The van der Waals surface area contributed by atoms with Crippen LogP contribution in [-0.2, 0) is 0 Å². The fourth-order valence-electron chi connectivity index (χ4n) is 3.55. The van der Waals surface area contributed by atoms with E-state index in [1.54, 1.807) is 0 Å². The summed E-state index contributed by atoms with van der Waals surface area (Å²) < 4.78 is 0. The van der Waals surface area contributed by atoms with Gasteiger partial charge in [-0.2, -0.15) is 0 Å². The number of rotatable bonds is 2. The Bertz CT molecular complexity index is 235. The number of halogens is 1. The van der Waals surface area contributed by atoms with Gasteiger partial charge in [-0.25, -0.2) is 0 Å². The molecule has 1 atom stereocenters. The molecule has 0 radical (unpaired) electrons. The molecule has 1 unspecified atom stereocenters. The summed E-state index contributed by atoms with van der Waals surface area (Å²) in [6.07, 6.45) is 9.95. The Morgan fingerprint density at radius 1 is 1.06 bits per heavy atom. The molecule has 2 aliphatic rings. The minimum absolute atomic E-state index is 0. The van der Waals surface area contributed by atoms with Crippen molar-refractivity contribution in [3.05, 3.63) is 0 Å². The Hall–Kier alpha value is 0.210. The van der Waals surface area contributed by atoms with Crippen LogP contribution in [0.25, 0.3) is 0 Å². The predicted molar refractivity (Wildman–Crippen MR) is 81.3 cm³/mol. The lowest BCUT2D eigenvalue weighted by molar-refractivity contribution is 0.0798. The molecule has 18 heavy (non-hydrogen) atoms. The van der Waals surface area contributed by atoms with E-state index in [-0.39, 0.29) is 12.4 Å². The Morgan fingerprint density at radius 2 is 1.67 bits per heavy atom. The summed E-state index contributed by atoms with van der Waals surface area (Å²) in [5.41, 5.74) is 6.51. The van der Waals surface area contributed by atoms with Crippen molar-refractivity contribution in [2.45, 2.75) is 64.8 Å². The zero-order chi connectivity index (χ0) is 12.3. The van der Waals surface area contributed by atoms with E-state index in [1.165, 1.54) is 64.6 Å². The predicted octanol–water partition coefficient (Wildman–Crippen LogP) is 3.44. The molecule has 3 heteroatoms. The lowest BCUT2D eigenvalue weighted by Crippen LogP contribution is -2.53. The highest BCUT2D eigenvalue weighted by atomic mass is 35.5. The number of piperidine rings is 1. The maximum Gasteiger partial charge on any atom is 0.0115 e. The Balaban J connectivity index is 0.00000162. The van der Waals surface area contributed by atoms with E-state index in [1.807, 2.05) is 0 Å². The van der Waals surface area contributed by atoms with Crippen LogP contribution in [-0.4, -0.2) is 30.6 Å². The van der Waals surface area contributed by atoms with Gasteiger partial charge in [0.05, 0.1) is 0 Å². The summed E-state index contributed by atoms with van der Waals surface area (Å²) in [5, 5.41) is 0. The zero-order valence-electron chi connectivity index (χ0n) is 12.2. The quantitative estimate of drug-likeness (QED) is 0.782. The first-order valence-electron chi connectivity index (χ1n) is 7.56. The second-order valence-electron chi connectivity index (χ2n) is 6.98. The van der Waals surface area contributed by atoms with Crippen LogP contribution in [0.4, 0.5) is 0 Å². The molecule has 108 valence electrons. The van der Waals surface area contributed by atoms with Crippen molar-refractivity contribution in [1.29, 1.82) is 0 Å². The average Bonchev–Trinajstić information content (AvgIpc) is 2.52. The minimum atomic E-state index is 0. The molecule has 2 rings (SSSR count). The number of nitrogens with two attached hydrogens (primary N) is 1. The van der Waals surface area contributed by atoms with Gasteiger partial charge in [-0.15, -0.1) is 12.4 Å². The van der Waals surface area contributed by atoms with Gasteiger partial charge in [0.25, 0.3) is 0 Å². The molecule has 1 aliphatic heterocycles. The number of hydrogen-bond acceptors (Lipinski definition) is 2. The maximum absolute atomic E-state index is 6.21. The van der Waals surface area contributed by atoms with Crippen molar-refractivity contribution in [3.63, 3.8) is 0 Å². The lowest BCUT2D eigenvalue weighted by Gasteiger charge is -2.43. The first kappa shape index (κ1) is 16.3. The fraction of sp³-hybridized carbons (Fsp3) is 1.00. The van der Waals surface area contributed by atoms with E-state index < -0.39 is 0 Å². The molecule has 0 bridgehead atoms. The van der Waals surface area contributed by atoms with Crippen LogP contribution in [0.15, 0.2) is 0 Å². The van der Waals surface area contributed by atoms with Gasteiger partial charge in [-0.1, -0.05) is 39.5 Å². The number of likely N-dealkylation sites (tertiary alicyclic amines) is 1. The first-order valence-corrected chi connectivity index (χ1v) is 7.56. The van der Waals surface area contributed by atoms with Gasteiger partial charge in [0.1, 0.15) is 0 Å². The van der Waals surface area contributed by atoms with Gasteiger partial charge >= 0.3 is 0 Å². The van der Waals surface area contributed by atoms with Crippen molar-refractivity contribution >= 4 is 12.4 Å². The van der Waals surface area contributed by atoms with Crippen LogP contribution in [0.5, 0.6) is 0 Å². The second-order valence-corrected chi connectivity index (χ2v) is 6.98. The second kappa shape index (κ2) is 7.12. The minimum Gasteiger partial charge on any atom is -0.327 e. The highest BCUT2D eigenvalue weighted by molar-refractivity contribution is 5.85. The van der Waals surface area contributed by atoms with E-state index in [2.05, 4.69) is 18.7 Å². The van der Waals surface area contributed by atoms with E-state index in [9.17, 15) is 0 Å². The molecule has 0 aromatic heterocycles. The summed E-state index contributed by atoms with van der Waals surface area (Å²) in [4.78, 5) is 2.68. The summed E-state index contributed by atoms with van der Waals surface area (Å²) in [6.45, 7) is 8.41. The maximum atomic E-state index is 6.21. The van der Waals surface area contributed by atoms with E-state index >= 15 is 0 Å². The van der Waals surface area contributed by atoms with Crippen LogP contribution < -0.4 is 5.73 Å². The van der Waals surface area contributed by atoms with Crippen LogP contribution in [0.1, 0.15) is 58.8 Å². The molecule has 2 fully saturated rings. The number of nitrogens with zero attached hydrogens (tertiary/aromatic N) is 1. The first-order chi connectivity index (χ1) is 8.08. The van der Waals surface area contributed by atoms with Crippen molar-refractivity contribution in [2.75, 3.05) is 19.6 Å². The fourth-order valence-corrected chi connectivity index (χ4v) is 3.55. The van der Waals surface area contributed by atoms with Crippen molar-refractivity contribution in [1.82, 2.24) is 4.90 Å². The third-order valence-corrected chi connectivity index (χ3v) is 4.88. The summed E-state index contributed by atoms with van der Waals surface area (Å²) in [6, 6.07) is 0.396. The molecular formula is C15H31ClN2. The van der Waals surface area contributed by atoms with Crippen LogP contribution in [0.3, 0.4) is 0 Å². The molecule has 0 aromatic carbocycles. The summed E-state index contributed by atoms with van der Waals surface area (Å²) >= 11 is 0. The highest BCUT2D eigenvalue weighted by Crippen LogP contribution is 2.30. The molecule has 2 nitrogen and oxygen atoms in total. The molecule has 2 N–H and O–H groups in total. The molecule has 1 heterocycles. The van der Waals surface area contributed by atoms with Crippen molar-refractivity contribution in [3.8, 4) is 0 Å². The third-order valence-electron chi connectivity index (χ3n) is 4.88. The topological polar surface area (TPSA) is 29.3 Å². The Morgan fingerprint density at radius 3 is 2.22 bits per heavy atom. The van der Waals surface area contributed by atoms with Crippen LogP contribution in [0, 0.1) is 11.3 Å². The standard InChI is InChI=1S/C15H30N2.ClH/c1-15(2)12-17(10-9-14(15)16)11-13-7-5-3-4-6-8-13;/h13-14H,3-12,16H2,1-2H3;1H. The van der Waals surface area contributed by atoms with E-state index in [0.29, 0.717) is 11.5 Å². The molecule has 1 saturated carbocycles. The zero-order valence-corrected chi connectivity index (χ0v) is 13.0. The molecule has 1 aliphatic carbocycles. The van der Waals surface area contributed by atoms with Gasteiger partial charge in [-0.05, 0) is 37.1 Å². The van der Waals surface area contributed by atoms with Gasteiger partial charge in [0.2, 0.25) is 0 Å². The molecule has 0 amide bonds. The molecular weight excluding hydrogens is 244 g/mol. The van der Waals surface area contributed by atoms with E-state index in [4.69, 9.17) is 5.73 Å². The largest absolute Gasteiger partial charge is 0.327 e. The Kier molecular flexibility index (Phi) is 6.43. The van der Waals surface area contributed by atoms with Crippen LogP contribution in [0.2, 0.25) is 0 Å². The van der Waals surface area contributed by atoms with Crippen molar-refractivity contribution < 1.29 is 0 Å². The summed E-state index contributed by atoms with van der Waals surface area (Å²) in [5.74, 6) is 0.961.